The molecule has 19 heavy (non-hydrogen) atoms. The predicted molar refractivity (Wildman–Crippen MR) is 77.2 cm³/mol. The largest absolute Gasteiger partial charge is 0.468 e. The van der Waals surface area contributed by atoms with Gasteiger partial charge in [-0.15, -0.1) is 0 Å². The molecule has 1 atom stereocenters. The fourth-order valence-electron chi connectivity index (χ4n) is 2.69. The van der Waals surface area contributed by atoms with Crippen LogP contribution in [0.5, 0.6) is 0 Å². The Bertz CT molecular complexity index is 288. The summed E-state index contributed by atoms with van der Waals surface area (Å²) in [4.78, 5) is 16.8. The summed E-state index contributed by atoms with van der Waals surface area (Å²) in [5.74, 6) is -0.180. The lowest BCUT2D eigenvalue weighted by molar-refractivity contribution is -0.149. The smallest absolute Gasteiger partial charge is 0.327 e. The van der Waals surface area contributed by atoms with Crippen molar-refractivity contribution in [3.05, 3.63) is 0 Å². The molecule has 1 aliphatic heterocycles. The van der Waals surface area contributed by atoms with Gasteiger partial charge in [-0.1, -0.05) is 6.92 Å². The zero-order chi connectivity index (χ0) is 14.5. The van der Waals surface area contributed by atoms with Crippen molar-refractivity contribution in [2.24, 2.45) is 0 Å². The second-order valence-corrected chi connectivity index (χ2v) is 5.76. The Balaban J connectivity index is 2.55. The summed E-state index contributed by atoms with van der Waals surface area (Å²) in [6.45, 7) is 14.0. The maximum Gasteiger partial charge on any atom is 0.327 e. The number of esters is 1. The fourth-order valence-corrected chi connectivity index (χ4v) is 2.69. The van der Waals surface area contributed by atoms with E-state index in [4.69, 9.17) is 4.74 Å². The number of nitrogens with zero attached hydrogens (tertiary/aromatic N) is 2. The van der Waals surface area contributed by atoms with Gasteiger partial charge in [0, 0.05) is 38.8 Å². The lowest BCUT2D eigenvalue weighted by Gasteiger charge is -2.40. The molecule has 0 aromatic carbocycles. The molecule has 1 fully saturated rings. The molecule has 0 saturated carbocycles. The number of piperazine rings is 1. The standard InChI is InChI=1S/C14H29N3O2/c1-6-15-14(4,13(18)19-5)11-16-7-9-17(10-8-16)12(2)3/h12,15H,6-11H2,1-5H3. The van der Waals surface area contributed by atoms with Gasteiger partial charge < -0.3 is 10.1 Å². The van der Waals surface area contributed by atoms with Gasteiger partial charge in [-0.05, 0) is 27.3 Å². The van der Waals surface area contributed by atoms with Crippen LogP contribution in [-0.2, 0) is 9.53 Å². The van der Waals surface area contributed by atoms with Crippen LogP contribution in [0.3, 0.4) is 0 Å². The third-order valence-corrected chi connectivity index (χ3v) is 3.88. The number of carbonyl (C=O) groups is 1. The van der Waals surface area contributed by atoms with Crippen molar-refractivity contribution in [1.29, 1.82) is 0 Å². The highest BCUT2D eigenvalue weighted by Crippen LogP contribution is 2.13. The Kier molecular flexibility index (Phi) is 6.23. The molecule has 0 radical (unpaired) electrons. The van der Waals surface area contributed by atoms with Crippen LogP contribution in [0.2, 0.25) is 0 Å². The third-order valence-electron chi connectivity index (χ3n) is 3.88. The normalized spacial score (nSPS) is 21.4. The lowest BCUT2D eigenvalue weighted by Crippen LogP contribution is -2.60. The number of carbonyl (C=O) groups excluding carboxylic acids is 1. The number of methoxy groups -OCH3 is 1. The maximum absolute atomic E-state index is 11.9. The fraction of sp³-hybridized carbons (Fsp3) is 0.929. The van der Waals surface area contributed by atoms with Crippen molar-refractivity contribution in [2.45, 2.75) is 39.3 Å². The molecule has 0 amide bonds. The summed E-state index contributed by atoms with van der Waals surface area (Å²) >= 11 is 0. The molecule has 0 aliphatic carbocycles. The SMILES string of the molecule is CCNC(C)(CN1CCN(C(C)C)CC1)C(=O)OC. The zero-order valence-corrected chi connectivity index (χ0v) is 13.0. The van der Waals surface area contributed by atoms with Crippen LogP contribution >= 0.6 is 0 Å². The zero-order valence-electron chi connectivity index (χ0n) is 13.0. The molecule has 1 heterocycles. The average Bonchev–Trinajstić information content (AvgIpc) is 2.38. The summed E-state index contributed by atoms with van der Waals surface area (Å²) in [5.41, 5.74) is -0.608. The number of rotatable bonds is 6. The summed E-state index contributed by atoms with van der Waals surface area (Å²) < 4.78 is 4.93. The van der Waals surface area contributed by atoms with Crippen molar-refractivity contribution in [1.82, 2.24) is 15.1 Å². The Morgan fingerprint density at radius 3 is 2.32 bits per heavy atom. The van der Waals surface area contributed by atoms with Crippen molar-refractivity contribution >= 4 is 5.97 Å². The van der Waals surface area contributed by atoms with Crippen LogP contribution in [0.15, 0.2) is 0 Å². The van der Waals surface area contributed by atoms with Gasteiger partial charge in [0.25, 0.3) is 0 Å². The van der Waals surface area contributed by atoms with Crippen molar-refractivity contribution in [3.8, 4) is 0 Å². The van der Waals surface area contributed by atoms with E-state index in [9.17, 15) is 4.79 Å². The van der Waals surface area contributed by atoms with Crippen molar-refractivity contribution < 1.29 is 9.53 Å². The van der Waals surface area contributed by atoms with Crippen molar-refractivity contribution in [2.75, 3.05) is 46.4 Å². The van der Waals surface area contributed by atoms with Gasteiger partial charge in [-0.2, -0.15) is 0 Å². The van der Waals surface area contributed by atoms with Crippen LogP contribution in [0.1, 0.15) is 27.7 Å². The lowest BCUT2D eigenvalue weighted by atomic mass is 10.0. The summed E-state index contributed by atoms with van der Waals surface area (Å²) in [7, 11) is 1.45. The molecule has 0 aromatic heterocycles. The van der Waals surface area contributed by atoms with E-state index in [0.717, 1.165) is 32.7 Å². The number of nitrogens with one attached hydrogen (secondary N) is 1. The molecule has 5 heteroatoms. The highest BCUT2D eigenvalue weighted by molar-refractivity contribution is 5.80. The minimum absolute atomic E-state index is 0.180. The van der Waals surface area contributed by atoms with Gasteiger partial charge in [-0.3, -0.25) is 14.6 Å². The van der Waals surface area contributed by atoms with E-state index < -0.39 is 5.54 Å². The predicted octanol–water partition coefficient (Wildman–Crippen LogP) is 0.554. The minimum Gasteiger partial charge on any atom is -0.468 e. The molecule has 1 N–H and O–H groups in total. The van der Waals surface area contributed by atoms with Gasteiger partial charge >= 0.3 is 5.97 Å². The topological polar surface area (TPSA) is 44.8 Å². The maximum atomic E-state index is 11.9. The van der Waals surface area contributed by atoms with Gasteiger partial charge in [0.05, 0.1) is 7.11 Å². The van der Waals surface area contributed by atoms with E-state index in [0.29, 0.717) is 12.6 Å². The highest BCUT2D eigenvalue weighted by Gasteiger charge is 2.36. The third kappa shape index (κ3) is 4.44. The number of hydrogen-bond donors (Lipinski definition) is 1. The van der Waals surface area contributed by atoms with Gasteiger partial charge in [0.2, 0.25) is 0 Å². The Morgan fingerprint density at radius 2 is 1.89 bits per heavy atom. The number of hydrogen-bond acceptors (Lipinski definition) is 5. The number of ether oxygens (including phenoxy) is 1. The van der Waals surface area contributed by atoms with E-state index in [2.05, 4.69) is 29.0 Å². The molecule has 1 aliphatic rings. The van der Waals surface area contributed by atoms with Crippen molar-refractivity contribution in [3.63, 3.8) is 0 Å². The molecule has 0 aromatic rings. The second-order valence-electron chi connectivity index (χ2n) is 5.76. The van der Waals surface area contributed by atoms with E-state index in [1.165, 1.54) is 7.11 Å². The molecule has 1 rings (SSSR count). The van der Waals surface area contributed by atoms with Crippen LogP contribution in [0.4, 0.5) is 0 Å². The molecule has 5 nitrogen and oxygen atoms in total. The van der Waals surface area contributed by atoms with E-state index in [1.807, 2.05) is 13.8 Å². The summed E-state index contributed by atoms with van der Waals surface area (Å²) in [6, 6.07) is 0.600. The van der Waals surface area contributed by atoms with Crippen LogP contribution in [0, 0.1) is 0 Å². The van der Waals surface area contributed by atoms with Gasteiger partial charge in [0.1, 0.15) is 5.54 Å². The molecule has 1 unspecified atom stereocenters. The second kappa shape index (κ2) is 7.22. The molecule has 0 bridgehead atoms. The molecule has 1 saturated heterocycles. The molecule has 112 valence electrons. The Morgan fingerprint density at radius 1 is 1.32 bits per heavy atom. The summed E-state index contributed by atoms with van der Waals surface area (Å²) in [5, 5.41) is 3.26. The average molecular weight is 271 g/mol. The van der Waals surface area contributed by atoms with Crippen LogP contribution in [-0.4, -0.2) is 73.7 Å². The first-order valence-corrected chi connectivity index (χ1v) is 7.22. The number of likely N-dealkylation sites (N-methyl/N-ethyl adjacent to an activating group) is 1. The quantitative estimate of drug-likeness (QED) is 0.715. The van der Waals surface area contributed by atoms with E-state index >= 15 is 0 Å². The van der Waals surface area contributed by atoms with Crippen LogP contribution < -0.4 is 5.32 Å². The first kappa shape index (κ1) is 16.4. The molecular weight excluding hydrogens is 242 g/mol. The molecular formula is C14H29N3O2. The monoisotopic (exact) mass is 271 g/mol. The summed E-state index contributed by atoms with van der Waals surface area (Å²) in [6.07, 6.45) is 0. The Hall–Kier alpha value is -0.650. The first-order chi connectivity index (χ1) is 8.92. The van der Waals surface area contributed by atoms with Crippen LogP contribution in [0.25, 0.3) is 0 Å². The van der Waals surface area contributed by atoms with E-state index in [-0.39, 0.29) is 5.97 Å². The van der Waals surface area contributed by atoms with E-state index in [1.54, 1.807) is 0 Å². The minimum atomic E-state index is -0.608. The van der Waals surface area contributed by atoms with Gasteiger partial charge in [0.15, 0.2) is 0 Å². The highest BCUT2D eigenvalue weighted by atomic mass is 16.5. The Labute approximate surface area is 117 Å². The molecule has 0 spiro atoms. The van der Waals surface area contributed by atoms with Gasteiger partial charge in [-0.25, -0.2) is 0 Å². The first-order valence-electron chi connectivity index (χ1n) is 7.22.